The molecule has 0 aliphatic rings. The monoisotopic (exact) mass is 231 g/mol. The summed E-state index contributed by atoms with van der Waals surface area (Å²) >= 11 is 5.77. The maximum absolute atomic E-state index is 13.6. The van der Waals surface area contributed by atoms with Crippen LogP contribution in [0.2, 0.25) is 5.02 Å². The van der Waals surface area contributed by atoms with Gasteiger partial charge in [0, 0.05) is 12.6 Å². The fourth-order valence-corrected chi connectivity index (χ4v) is 1.75. The Morgan fingerprint density at radius 3 is 2.67 bits per heavy atom. The van der Waals surface area contributed by atoms with Crippen LogP contribution in [0.1, 0.15) is 29.2 Å². The van der Waals surface area contributed by atoms with E-state index >= 15 is 0 Å². The molecular weight excluding hydrogens is 217 g/mol. The Bertz CT molecular complexity index is 368. The standard InChI is InChI=1S/C11H15ClFNO/c1-6-5-8(9(14)3-4-15)7(2)11(13)10(6)12/h5,9,15H,3-4,14H2,1-2H3. The van der Waals surface area contributed by atoms with Crippen LogP contribution in [0.25, 0.3) is 0 Å². The highest BCUT2D eigenvalue weighted by Crippen LogP contribution is 2.29. The summed E-state index contributed by atoms with van der Waals surface area (Å²) in [6.07, 6.45) is 0.418. The Hall–Kier alpha value is -0.640. The van der Waals surface area contributed by atoms with E-state index in [-0.39, 0.29) is 17.7 Å². The van der Waals surface area contributed by atoms with Crippen LogP contribution in [0.3, 0.4) is 0 Å². The zero-order valence-corrected chi connectivity index (χ0v) is 9.61. The van der Waals surface area contributed by atoms with Crippen LogP contribution in [-0.2, 0) is 0 Å². The summed E-state index contributed by atoms with van der Waals surface area (Å²) in [5, 5.41) is 8.93. The van der Waals surface area contributed by atoms with Gasteiger partial charge in [-0.1, -0.05) is 17.7 Å². The third-order valence-corrected chi connectivity index (χ3v) is 2.98. The number of hydrogen-bond donors (Lipinski definition) is 2. The second-order valence-corrected chi connectivity index (χ2v) is 4.03. The van der Waals surface area contributed by atoms with Gasteiger partial charge in [0.05, 0.1) is 5.02 Å². The summed E-state index contributed by atoms with van der Waals surface area (Å²) < 4.78 is 13.6. The largest absolute Gasteiger partial charge is 0.396 e. The topological polar surface area (TPSA) is 46.2 Å². The lowest BCUT2D eigenvalue weighted by Gasteiger charge is -2.16. The molecule has 0 saturated heterocycles. The normalized spacial score (nSPS) is 12.9. The first-order valence-electron chi connectivity index (χ1n) is 4.80. The van der Waals surface area contributed by atoms with E-state index in [9.17, 15) is 4.39 Å². The smallest absolute Gasteiger partial charge is 0.145 e. The summed E-state index contributed by atoms with van der Waals surface area (Å²) in [5.74, 6) is -0.417. The van der Waals surface area contributed by atoms with E-state index in [0.29, 0.717) is 23.1 Å². The minimum Gasteiger partial charge on any atom is -0.396 e. The molecule has 0 aliphatic heterocycles. The second-order valence-electron chi connectivity index (χ2n) is 3.65. The van der Waals surface area contributed by atoms with Crippen molar-refractivity contribution in [2.24, 2.45) is 5.73 Å². The second kappa shape index (κ2) is 4.92. The Kier molecular flexibility index (Phi) is 4.08. The molecule has 4 heteroatoms. The molecule has 15 heavy (non-hydrogen) atoms. The van der Waals surface area contributed by atoms with Crippen molar-refractivity contribution in [1.82, 2.24) is 0 Å². The van der Waals surface area contributed by atoms with Crippen LogP contribution in [0.4, 0.5) is 4.39 Å². The predicted octanol–water partition coefficient (Wildman–Crippen LogP) is 2.48. The molecule has 1 unspecified atom stereocenters. The summed E-state index contributed by atoms with van der Waals surface area (Å²) in [4.78, 5) is 0. The van der Waals surface area contributed by atoms with Crippen LogP contribution in [0.5, 0.6) is 0 Å². The van der Waals surface area contributed by atoms with Crippen molar-refractivity contribution in [3.8, 4) is 0 Å². The first-order chi connectivity index (χ1) is 6.99. The average molecular weight is 232 g/mol. The van der Waals surface area contributed by atoms with E-state index < -0.39 is 5.82 Å². The first-order valence-corrected chi connectivity index (χ1v) is 5.18. The maximum atomic E-state index is 13.6. The van der Waals surface area contributed by atoms with Gasteiger partial charge < -0.3 is 10.8 Å². The number of benzene rings is 1. The molecule has 1 rings (SSSR count). The molecule has 0 radical (unpaired) electrons. The van der Waals surface area contributed by atoms with E-state index in [1.165, 1.54) is 0 Å². The van der Waals surface area contributed by atoms with Crippen molar-refractivity contribution in [2.75, 3.05) is 6.61 Å². The third kappa shape index (κ3) is 2.48. The van der Waals surface area contributed by atoms with Gasteiger partial charge in [0.1, 0.15) is 5.82 Å². The molecule has 3 N–H and O–H groups in total. The fraction of sp³-hybridized carbons (Fsp3) is 0.455. The Morgan fingerprint density at radius 1 is 1.53 bits per heavy atom. The quantitative estimate of drug-likeness (QED) is 0.840. The number of nitrogens with two attached hydrogens (primary N) is 1. The van der Waals surface area contributed by atoms with Crippen molar-refractivity contribution in [1.29, 1.82) is 0 Å². The highest BCUT2D eigenvalue weighted by atomic mass is 35.5. The third-order valence-electron chi connectivity index (χ3n) is 2.51. The van der Waals surface area contributed by atoms with Crippen LogP contribution in [-0.4, -0.2) is 11.7 Å². The van der Waals surface area contributed by atoms with Crippen LogP contribution < -0.4 is 5.73 Å². The van der Waals surface area contributed by atoms with E-state index in [1.807, 2.05) is 0 Å². The predicted molar refractivity (Wildman–Crippen MR) is 59.5 cm³/mol. The van der Waals surface area contributed by atoms with Gasteiger partial charge in [-0.15, -0.1) is 0 Å². The summed E-state index contributed by atoms with van der Waals surface area (Å²) in [6.45, 7) is 3.37. The summed E-state index contributed by atoms with van der Waals surface area (Å²) in [6, 6.07) is 1.43. The van der Waals surface area contributed by atoms with Gasteiger partial charge in [-0.3, -0.25) is 0 Å². The van der Waals surface area contributed by atoms with Gasteiger partial charge in [-0.05, 0) is 37.0 Å². The van der Waals surface area contributed by atoms with Gasteiger partial charge in [-0.25, -0.2) is 4.39 Å². The molecule has 0 aromatic heterocycles. The van der Waals surface area contributed by atoms with Crippen LogP contribution in [0, 0.1) is 19.7 Å². The summed E-state index contributed by atoms with van der Waals surface area (Å²) in [5.41, 5.74) is 7.67. The van der Waals surface area contributed by atoms with Crippen molar-refractivity contribution >= 4 is 11.6 Å². The van der Waals surface area contributed by atoms with Gasteiger partial charge in [0.25, 0.3) is 0 Å². The van der Waals surface area contributed by atoms with E-state index in [1.54, 1.807) is 19.9 Å². The fourth-order valence-electron chi connectivity index (χ4n) is 1.55. The van der Waals surface area contributed by atoms with E-state index in [4.69, 9.17) is 22.4 Å². The molecule has 84 valence electrons. The number of aliphatic hydroxyl groups is 1. The van der Waals surface area contributed by atoms with Crippen molar-refractivity contribution in [3.05, 3.63) is 33.6 Å². The van der Waals surface area contributed by atoms with Gasteiger partial charge in [-0.2, -0.15) is 0 Å². The molecule has 0 bridgehead atoms. The van der Waals surface area contributed by atoms with Gasteiger partial charge in [0.15, 0.2) is 0 Å². The molecule has 0 aliphatic carbocycles. The zero-order chi connectivity index (χ0) is 11.6. The Balaban J connectivity index is 3.19. The molecule has 0 amide bonds. The van der Waals surface area contributed by atoms with Crippen molar-refractivity contribution in [2.45, 2.75) is 26.3 Å². The Labute approximate surface area is 93.9 Å². The lowest BCUT2D eigenvalue weighted by Crippen LogP contribution is -2.14. The number of aliphatic hydroxyl groups excluding tert-OH is 1. The molecular formula is C11H15ClFNO. The average Bonchev–Trinajstić information content (AvgIpc) is 2.20. The molecule has 2 nitrogen and oxygen atoms in total. The highest BCUT2D eigenvalue weighted by Gasteiger charge is 2.15. The number of rotatable bonds is 3. The molecule has 0 saturated carbocycles. The Morgan fingerprint density at radius 2 is 2.13 bits per heavy atom. The van der Waals surface area contributed by atoms with E-state index in [0.717, 1.165) is 0 Å². The SMILES string of the molecule is Cc1cc(C(N)CCO)c(C)c(F)c1Cl. The van der Waals surface area contributed by atoms with Gasteiger partial charge >= 0.3 is 0 Å². The number of halogens is 2. The molecule has 0 heterocycles. The van der Waals surface area contributed by atoms with E-state index in [2.05, 4.69) is 0 Å². The number of hydrogen-bond acceptors (Lipinski definition) is 2. The lowest BCUT2D eigenvalue weighted by atomic mass is 9.97. The van der Waals surface area contributed by atoms with Crippen LogP contribution >= 0.6 is 11.6 Å². The van der Waals surface area contributed by atoms with Crippen molar-refractivity contribution in [3.63, 3.8) is 0 Å². The minimum atomic E-state index is -0.417. The molecule has 0 spiro atoms. The molecule has 1 atom stereocenters. The maximum Gasteiger partial charge on any atom is 0.145 e. The van der Waals surface area contributed by atoms with Crippen LogP contribution in [0.15, 0.2) is 6.07 Å². The van der Waals surface area contributed by atoms with Crippen molar-refractivity contribution < 1.29 is 9.50 Å². The highest BCUT2D eigenvalue weighted by molar-refractivity contribution is 6.31. The molecule has 1 aromatic carbocycles. The number of aryl methyl sites for hydroxylation is 1. The lowest BCUT2D eigenvalue weighted by molar-refractivity contribution is 0.276. The van der Waals surface area contributed by atoms with Gasteiger partial charge in [0.2, 0.25) is 0 Å². The minimum absolute atomic E-state index is 0.0100. The molecule has 0 fully saturated rings. The molecule has 1 aromatic rings. The first kappa shape index (κ1) is 12.4. The zero-order valence-electron chi connectivity index (χ0n) is 8.85. The summed E-state index contributed by atoms with van der Waals surface area (Å²) in [7, 11) is 0.